The number of benzene rings is 3. The number of carbonyl (C=O) groups is 2. The first kappa shape index (κ1) is 20.3. The van der Waals surface area contributed by atoms with Crippen LogP contribution in [-0.4, -0.2) is 29.1 Å². The summed E-state index contributed by atoms with van der Waals surface area (Å²) >= 11 is 0. The molecule has 150 valence electrons. The van der Waals surface area contributed by atoms with Gasteiger partial charge in [-0.05, 0) is 43.0 Å². The predicted octanol–water partition coefficient (Wildman–Crippen LogP) is 4.19. The van der Waals surface area contributed by atoms with Crippen molar-refractivity contribution < 1.29 is 23.8 Å². The first-order valence-electron chi connectivity index (χ1n) is 9.23. The summed E-state index contributed by atoms with van der Waals surface area (Å²) in [6.07, 6.45) is 0.533. The average Bonchev–Trinajstić information content (AvgIpc) is 2.69. The van der Waals surface area contributed by atoms with Crippen LogP contribution in [-0.2, 0) is 11.2 Å². The molecule has 0 aliphatic carbocycles. The molecule has 5 nitrogen and oxygen atoms in total. The second-order valence-corrected chi connectivity index (χ2v) is 7.27. The largest absolute Gasteiger partial charge is 0.492 e. The van der Waals surface area contributed by atoms with Crippen molar-refractivity contribution in [3.63, 3.8) is 0 Å². The molecule has 0 fully saturated rings. The second kappa shape index (κ2) is 8.31. The van der Waals surface area contributed by atoms with E-state index in [0.717, 1.165) is 16.3 Å². The van der Waals surface area contributed by atoms with Gasteiger partial charge in [0, 0.05) is 11.8 Å². The minimum absolute atomic E-state index is 0.261. The number of ether oxygens (including phenoxy) is 1. The van der Waals surface area contributed by atoms with Crippen molar-refractivity contribution in [1.29, 1.82) is 0 Å². The lowest BCUT2D eigenvalue weighted by Gasteiger charge is -2.22. The minimum Gasteiger partial charge on any atom is -0.492 e. The highest BCUT2D eigenvalue weighted by atomic mass is 19.1. The van der Waals surface area contributed by atoms with E-state index in [9.17, 15) is 19.1 Å². The zero-order valence-electron chi connectivity index (χ0n) is 16.2. The molecule has 3 rings (SSSR count). The van der Waals surface area contributed by atoms with Gasteiger partial charge in [-0.3, -0.25) is 4.79 Å². The van der Waals surface area contributed by atoms with Gasteiger partial charge in [-0.2, -0.15) is 0 Å². The van der Waals surface area contributed by atoms with Crippen molar-refractivity contribution >= 4 is 22.6 Å². The highest BCUT2D eigenvalue weighted by Crippen LogP contribution is 2.30. The normalized spacial score (nSPS) is 11.3. The van der Waals surface area contributed by atoms with Gasteiger partial charge in [0.05, 0.1) is 12.2 Å². The SMILES string of the molecule is CC(C)(NC(=O)c1ccc2ccccc2c1OCCc1ccc(F)cc1)C(=O)O. The third-order valence-corrected chi connectivity index (χ3v) is 4.64. The summed E-state index contributed by atoms with van der Waals surface area (Å²) < 4.78 is 19.0. The van der Waals surface area contributed by atoms with Crippen LogP contribution in [0.1, 0.15) is 29.8 Å². The summed E-state index contributed by atoms with van der Waals surface area (Å²) in [6, 6.07) is 17.1. The fourth-order valence-electron chi connectivity index (χ4n) is 2.90. The maximum absolute atomic E-state index is 13.1. The molecule has 0 aliphatic heterocycles. The number of halogens is 1. The molecule has 3 aromatic carbocycles. The Bertz CT molecular complexity index is 1040. The summed E-state index contributed by atoms with van der Waals surface area (Å²) in [6.45, 7) is 3.12. The van der Waals surface area contributed by atoms with Gasteiger partial charge in [0.25, 0.3) is 5.91 Å². The number of aliphatic carboxylic acids is 1. The van der Waals surface area contributed by atoms with Gasteiger partial charge in [0.1, 0.15) is 17.1 Å². The van der Waals surface area contributed by atoms with Crippen LogP contribution in [0.25, 0.3) is 10.8 Å². The van der Waals surface area contributed by atoms with Crippen molar-refractivity contribution in [3.05, 3.63) is 77.6 Å². The van der Waals surface area contributed by atoms with E-state index in [2.05, 4.69) is 5.32 Å². The molecule has 3 aromatic rings. The van der Waals surface area contributed by atoms with Gasteiger partial charge in [-0.25, -0.2) is 9.18 Å². The van der Waals surface area contributed by atoms with E-state index in [4.69, 9.17) is 4.74 Å². The first-order chi connectivity index (χ1) is 13.8. The molecular weight excluding hydrogens is 373 g/mol. The van der Waals surface area contributed by atoms with E-state index in [1.54, 1.807) is 24.3 Å². The molecule has 6 heteroatoms. The lowest BCUT2D eigenvalue weighted by Crippen LogP contribution is -2.49. The Morgan fingerprint density at radius 2 is 1.72 bits per heavy atom. The summed E-state index contributed by atoms with van der Waals surface area (Å²) in [5.41, 5.74) is -0.254. The van der Waals surface area contributed by atoms with Crippen LogP contribution in [0.5, 0.6) is 5.75 Å². The summed E-state index contributed by atoms with van der Waals surface area (Å²) in [5, 5.41) is 13.5. The molecule has 29 heavy (non-hydrogen) atoms. The van der Waals surface area contributed by atoms with Crippen LogP contribution in [0, 0.1) is 5.82 Å². The molecule has 2 N–H and O–H groups in total. The highest BCUT2D eigenvalue weighted by Gasteiger charge is 2.30. The van der Waals surface area contributed by atoms with Crippen LogP contribution in [0.15, 0.2) is 60.7 Å². The average molecular weight is 395 g/mol. The maximum atomic E-state index is 13.1. The maximum Gasteiger partial charge on any atom is 0.328 e. The summed E-state index contributed by atoms with van der Waals surface area (Å²) in [4.78, 5) is 24.2. The molecule has 0 radical (unpaired) electrons. The standard InChI is InChI=1S/C23H22FNO4/c1-23(2,22(27)28)25-21(26)19-12-9-16-5-3-4-6-18(16)20(19)29-14-13-15-7-10-17(24)11-8-15/h3-12H,13-14H2,1-2H3,(H,25,26)(H,27,28). The van der Waals surface area contributed by atoms with E-state index < -0.39 is 17.4 Å². The summed E-state index contributed by atoms with van der Waals surface area (Å²) in [5.74, 6) is -1.57. The van der Waals surface area contributed by atoms with Crippen LogP contribution in [0.2, 0.25) is 0 Å². The lowest BCUT2D eigenvalue weighted by molar-refractivity contribution is -0.143. The van der Waals surface area contributed by atoms with Gasteiger partial charge < -0.3 is 15.2 Å². The zero-order valence-corrected chi connectivity index (χ0v) is 16.2. The number of rotatable bonds is 7. The van der Waals surface area contributed by atoms with Crippen LogP contribution < -0.4 is 10.1 Å². The Morgan fingerprint density at radius 1 is 1.03 bits per heavy atom. The second-order valence-electron chi connectivity index (χ2n) is 7.27. The number of carboxylic acid groups (broad SMARTS) is 1. The van der Waals surface area contributed by atoms with Gasteiger partial charge >= 0.3 is 5.97 Å². The molecular formula is C23H22FNO4. The number of amides is 1. The van der Waals surface area contributed by atoms with Crippen molar-refractivity contribution in [3.8, 4) is 5.75 Å². The van der Waals surface area contributed by atoms with Crippen LogP contribution in [0.3, 0.4) is 0 Å². The van der Waals surface area contributed by atoms with Gasteiger partial charge in [0.15, 0.2) is 0 Å². The van der Waals surface area contributed by atoms with Crippen LogP contribution >= 0.6 is 0 Å². The first-order valence-corrected chi connectivity index (χ1v) is 9.23. The van der Waals surface area contributed by atoms with E-state index in [-0.39, 0.29) is 18.0 Å². The van der Waals surface area contributed by atoms with Crippen molar-refractivity contribution in [2.24, 2.45) is 0 Å². The molecule has 0 aromatic heterocycles. The van der Waals surface area contributed by atoms with E-state index >= 15 is 0 Å². The van der Waals surface area contributed by atoms with E-state index in [0.29, 0.717) is 12.2 Å². The Labute approximate surface area is 168 Å². The van der Waals surface area contributed by atoms with Crippen molar-refractivity contribution in [1.82, 2.24) is 5.32 Å². The van der Waals surface area contributed by atoms with E-state index in [1.165, 1.54) is 26.0 Å². The number of carbonyl (C=O) groups excluding carboxylic acids is 1. The van der Waals surface area contributed by atoms with Gasteiger partial charge in [-0.15, -0.1) is 0 Å². The van der Waals surface area contributed by atoms with Crippen molar-refractivity contribution in [2.75, 3.05) is 6.61 Å². The molecule has 0 saturated heterocycles. The fourth-order valence-corrected chi connectivity index (χ4v) is 2.90. The number of carboxylic acids is 1. The summed E-state index contributed by atoms with van der Waals surface area (Å²) in [7, 11) is 0. The number of fused-ring (bicyclic) bond motifs is 1. The molecule has 0 heterocycles. The molecule has 0 unspecified atom stereocenters. The van der Waals surface area contributed by atoms with Crippen LogP contribution in [0.4, 0.5) is 4.39 Å². The van der Waals surface area contributed by atoms with Gasteiger partial charge in [0.2, 0.25) is 0 Å². The number of hydrogen-bond donors (Lipinski definition) is 2. The monoisotopic (exact) mass is 395 g/mol. The third kappa shape index (κ3) is 4.71. The highest BCUT2D eigenvalue weighted by molar-refractivity contribution is 6.05. The molecule has 0 aliphatic rings. The number of hydrogen-bond acceptors (Lipinski definition) is 3. The Hall–Kier alpha value is -3.41. The molecule has 0 bridgehead atoms. The minimum atomic E-state index is -1.42. The van der Waals surface area contributed by atoms with Crippen molar-refractivity contribution in [2.45, 2.75) is 25.8 Å². The Kier molecular flexibility index (Phi) is 5.82. The topological polar surface area (TPSA) is 75.6 Å². The van der Waals surface area contributed by atoms with E-state index in [1.807, 2.05) is 24.3 Å². The molecule has 1 amide bonds. The smallest absolute Gasteiger partial charge is 0.328 e. The molecule has 0 atom stereocenters. The quantitative estimate of drug-likeness (QED) is 0.629. The lowest BCUT2D eigenvalue weighted by atomic mass is 10.0. The molecule has 0 spiro atoms. The Balaban J connectivity index is 1.88. The van der Waals surface area contributed by atoms with Gasteiger partial charge in [-0.1, -0.05) is 42.5 Å². The predicted molar refractivity (Wildman–Crippen MR) is 109 cm³/mol. The Morgan fingerprint density at radius 3 is 2.41 bits per heavy atom. The number of nitrogens with one attached hydrogen (secondary N) is 1. The molecule has 0 saturated carbocycles. The third-order valence-electron chi connectivity index (χ3n) is 4.64. The fraction of sp³-hybridized carbons (Fsp3) is 0.217. The zero-order chi connectivity index (χ0) is 21.0.